The monoisotopic (exact) mass is 346 g/mol. The van der Waals surface area contributed by atoms with Crippen molar-refractivity contribution in [2.24, 2.45) is 0 Å². The molecule has 4 nitrogen and oxygen atoms in total. The zero-order chi connectivity index (χ0) is 18.4. The number of carbonyl (C=O) groups is 1. The van der Waals surface area contributed by atoms with Gasteiger partial charge in [-0.3, -0.25) is 10.2 Å². The van der Waals surface area contributed by atoms with Gasteiger partial charge in [0.1, 0.15) is 11.3 Å². The first-order chi connectivity index (χ1) is 12.7. The number of methoxy groups -OCH3 is 1. The maximum atomic E-state index is 11.7. The molecule has 3 aromatic carbocycles. The van der Waals surface area contributed by atoms with Gasteiger partial charge >= 0.3 is 0 Å². The summed E-state index contributed by atoms with van der Waals surface area (Å²) in [6, 6.07) is 28.0. The zero-order valence-corrected chi connectivity index (χ0v) is 14.9. The van der Waals surface area contributed by atoms with Crippen molar-refractivity contribution in [3.05, 3.63) is 102 Å². The molecule has 1 amide bonds. The largest absolute Gasteiger partial charge is 0.497 e. The fraction of sp³-hybridized carbons (Fsp3) is 0.136. The normalized spacial score (nSPS) is 11.0. The third-order valence-electron chi connectivity index (χ3n) is 4.36. The third kappa shape index (κ3) is 3.46. The maximum Gasteiger partial charge on any atom is 0.231 e. The highest BCUT2D eigenvalue weighted by molar-refractivity contribution is 5.72. The molecule has 0 heterocycles. The lowest BCUT2D eigenvalue weighted by Crippen LogP contribution is -2.53. The van der Waals surface area contributed by atoms with Crippen LogP contribution in [-0.2, 0) is 10.3 Å². The summed E-state index contributed by atoms with van der Waals surface area (Å²) < 4.78 is 5.30. The fourth-order valence-electron chi connectivity index (χ4n) is 3.12. The molecule has 0 unspecified atom stereocenters. The number of ether oxygens (including phenoxy) is 1. The van der Waals surface area contributed by atoms with E-state index in [1.165, 1.54) is 6.92 Å². The molecule has 4 heteroatoms. The number of amides is 1. The van der Waals surface area contributed by atoms with Gasteiger partial charge < -0.3 is 4.74 Å². The van der Waals surface area contributed by atoms with Crippen molar-refractivity contribution in [3.8, 4) is 5.75 Å². The van der Waals surface area contributed by atoms with Crippen LogP contribution in [-0.4, -0.2) is 13.0 Å². The summed E-state index contributed by atoms with van der Waals surface area (Å²) in [7, 11) is 1.65. The Balaban J connectivity index is 2.24. The summed E-state index contributed by atoms with van der Waals surface area (Å²) in [5.41, 5.74) is 8.36. The minimum Gasteiger partial charge on any atom is -0.497 e. The average Bonchev–Trinajstić information content (AvgIpc) is 2.70. The van der Waals surface area contributed by atoms with E-state index in [2.05, 4.69) is 10.9 Å². The second kappa shape index (κ2) is 7.85. The Morgan fingerprint density at radius 3 is 1.65 bits per heavy atom. The summed E-state index contributed by atoms with van der Waals surface area (Å²) in [5.74, 6) is 0.623. The SMILES string of the molecule is COc1ccc(C(NNC(C)=O)(c2ccccc2)c2ccccc2)cc1. The molecular formula is C22H22N2O2. The number of hydrogen-bond acceptors (Lipinski definition) is 3. The van der Waals surface area contributed by atoms with E-state index in [1.807, 2.05) is 84.9 Å². The molecule has 3 aromatic rings. The number of rotatable bonds is 6. The van der Waals surface area contributed by atoms with Crippen LogP contribution in [0.2, 0.25) is 0 Å². The van der Waals surface area contributed by atoms with Crippen molar-refractivity contribution in [3.63, 3.8) is 0 Å². The van der Waals surface area contributed by atoms with Crippen LogP contribution in [0.3, 0.4) is 0 Å². The van der Waals surface area contributed by atoms with Gasteiger partial charge in [0.2, 0.25) is 5.91 Å². The first-order valence-electron chi connectivity index (χ1n) is 8.46. The first-order valence-corrected chi connectivity index (χ1v) is 8.46. The Hall–Kier alpha value is -3.11. The van der Waals surface area contributed by atoms with E-state index in [4.69, 9.17) is 4.74 Å². The van der Waals surface area contributed by atoms with Crippen LogP contribution in [0.1, 0.15) is 23.6 Å². The van der Waals surface area contributed by atoms with Crippen LogP contribution in [0.5, 0.6) is 5.75 Å². The van der Waals surface area contributed by atoms with Crippen LogP contribution in [0.25, 0.3) is 0 Å². The summed E-state index contributed by atoms with van der Waals surface area (Å²) in [4.78, 5) is 11.7. The lowest BCUT2D eigenvalue weighted by molar-refractivity contribution is -0.120. The Labute approximate surface area is 153 Å². The van der Waals surface area contributed by atoms with Gasteiger partial charge in [-0.25, -0.2) is 5.43 Å². The van der Waals surface area contributed by atoms with Crippen LogP contribution >= 0.6 is 0 Å². The molecule has 0 aliphatic carbocycles. The van der Waals surface area contributed by atoms with Crippen LogP contribution < -0.4 is 15.6 Å². The molecule has 0 aromatic heterocycles. The van der Waals surface area contributed by atoms with E-state index < -0.39 is 5.54 Å². The van der Waals surface area contributed by atoms with Crippen molar-refractivity contribution in [1.29, 1.82) is 0 Å². The topological polar surface area (TPSA) is 50.4 Å². The highest BCUT2D eigenvalue weighted by Gasteiger charge is 2.36. The molecule has 26 heavy (non-hydrogen) atoms. The molecule has 0 radical (unpaired) electrons. The van der Waals surface area contributed by atoms with Gasteiger partial charge in [0.15, 0.2) is 0 Å². The molecule has 0 aliphatic rings. The standard InChI is InChI=1S/C22H22N2O2/c1-17(25)23-24-22(18-9-5-3-6-10-18,19-11-7-4-8-12-19)20-13-15-21(26-2)16-14-20/h3-16,24H,1-2H3,(H,23,25). The summed E-state index contributed by atoms with van der Waals surface area (Å²) in [6.45, 7) is 1.49. The predicted molar refractivity (Wildman–Crippen MR) is 103 cm³/mol. The van der Waals surface area contributed by atoms with Crippen molar-refractivity contribution in [1.82, 2.24) is 10.9 Å². The molecule has 132 valence electrons. The van der Waals surface area contributed by atoms with Gasteiger partial charge in [0, 0.05) is 6.92 Å². The minimum atomic E-state index is -0.736. The van der Waals surface area contributed by atoms with E-state index in [1.54, 1.807) is 7.11 Å². The second-order valence-corrected chi connectivity index (χ2v) is 6.02. The summed E-state index contributed by atoms with van der Waals surface area (Å²) in [6.07, 6.45) is 0. The van der Waals surface area contributed by atoms with E-state index >= 15 is 0 Å². The summed E-state index contributed by atoms with van der Waals surface area (Å²) in [5, 5.41) is 0. The Bertz CT molecular complexity index is 807. The molecule has 0 saturated carbocycles. The first kappa shape index (κ1) is 17.7. The van der Waals surface area contributed by atoms with Crippen LogP contribution in [0.15, 0.2) is 84.9 Å². The number of benzene rings is 3. The molecule has 0 spiro atoms. The van der Waals surface area contributed by atoms with Crippen LogP contribution in [0, 0.1) is 0 Å². The smallest absolute Gasteiger partial charge is 0.231 e. The van der Waals surface area contributed by atoms with E-state index in [-0.39, 0.29) is 5.91 Å². The van der Waals surface area contributed by atoms with Gasteiger partial charge in [0.05, 0.1) is 7.11 Å². The lowest BCUT2D eigenvalue weighted by Gasteiger charge is -2.36. The Kier molecular flexibility index (Phi) is 5.34. The number of nitrogens with one attached hydrogen (secondary N) is 2. The molecule has 3 rings (SSSR count). The Morgan fingerprint density at radius 2 is 1.23 bits per heavy atom. The quantitative estimate of drug-likeness (QED) is 0.529. The van der Waals surface area contributed by atoms with Gasteiger partial charge in [-0.1, -0.05) is 72.8 Å². The number of hydrogen-bond donors (Lipinski definition) is 2. The van der Waals surface area contributed by atoms with Crippen molar-refractivity contribution in [2.75, 3.05) is 7.11 Å². The second-order valence-electron chi connectivity index (χ2n) is 6.02. The summed E-state index contributed by atoms with van der Waals surface area (Å²) >= 11 is 0. The van der Waals surface area contributed by atoms with Crippen molar-refractivity contribution < 1.29 is 9.53 Å². The molecule has 0 aliphatic heterocycles. The highest BCUT2D eigenvalue weighted by Crippen LogP contribution is 2.36. The Morgan fingerprint density at radius 1 is 0.769 bits per heavy atom. The van der Waals surface area contributed by atoms with Gasteiger partial charge in [-0.2, -0.15) is 0 Å². The van der Waals surface area contributed by atoms with Gasteiger partial charge in [-0.05, 0) is 28.8 Å². The van der Waals surface area contributed by atoms with Gasteiger partial charge in [-0.15, -0.1) is 0 Å². The predicted octanol–water partition coefficient (Wildman–Crippen LogP) is 3.63. The average molecular weight is 346 g/mol. The third-order valence-corrected chi connectivity index (χ3v) is 4.36. The van der Waals surface area contributed by atoms with Crippen molar-refractivity contribution >= 4 is 5.91 Å². The molecule has 0 saturated heterocycles. The highest BCUT2D eigenvalue weighted by atomic mass is 16.5. The van der Waals surface area contributed by atoms with Crippen LogP contribution in [0.4, 0.5) is 0 Å². The van der Waals surface area contributed by atoms with Crippen molar-refractivity contribution in [2.45, 2.75) is 12.5 Å². The molecule has 0 fully saturated rings. The van der Waals surface area contributed by atoms with E-state index in [0.717, 1.165) is 22.4 Å². The number of carbonyl (C=O) groups excluding carboxylic acids is 1. The fourth-order valence-corrected chi connectivity index (χ4v) is 3.12. The minimum absolute atomic E-state index is 0.158. The lowest BCUT2D eigenvalue weighted by atomic mass is 9.77. The maximum absolute atomic E-state index is 11.7. The van der Waals surface area contributed by atoms with E-state index in [0.29, 0.717) is 0 Å². The molecular weight excluding hydrogens is 324 g/mol. The molecule has 0 bridgehead atoms. The zero-order valence-electron chi connectivity index (χ0n) is 14.9. The van der Waals surface area contributed by atoms with Gasteiger partial charge in [0.25, 0.3) is 0 Å². The van der Waals surface area contributed by atoms with E-state index in [9.17, 15) is 4.79 Å². The molecule has 0 atom stereocenters. The number of hydrazine groups is 1. The molecule has 2 N–H and O–H groups in total.